The van der Waals surface area contributed by atoms with Gasteiger partial charge in [0.2, 0.25) is 9.84 Å². The lowest BCUT2D eigenvalue weighted by molar-refractivity contribution is 0.102. The molecule has 0 aliphatic rings. The van der Waals surface area contributed by atoms with Crippen molar-refractivity contribution < 1.29 is 13.2 Å². The molecule has 0 atom stereocenters. The fourth-order valence-electron chi connectivity index (χ4n) is 2.17. The highest BCUT2D eigenvalue weighted by atomic mass is 32.2. The average Bonchev–Trinajstić information content (AvgIpc) is 2.97. The number of anilines is 1. The van der Waals surface area contributed by atoms with Gasteiger partial charge in [0.15, 0.2) is 5.13 Å². The average molecular weight is 373 g/mol. The quantitative estimate of drug-likeness (QED) is 0.758. The Morgan fingerprint density at radius 2 is 1.80 bits per heavy atom. The van der Waals surface area contributed by atoms with Crippen LogP contribution >= 0.6 is 11.3 Å². The standard InChI is InChI=1S/C17H15N3O3S2/c1-11-6-8-13(9-7-11)25(22,23)16-12(2)19-17(24-16)20-15(21)14-5-3-4-10-18-14/h3-10H,1-2H3,(H,19,20,21). The number of aryl methyl sites for hydroxylation is 2. The number of pyridine rings is 1. The molecule has 1 aromatic carbocycles. The van der Waals surface area contributed by atoms with Gasteiger partial charge >= 0.3 is 0 Å². The van der Waals surface area contributed by atoms with Crippen LogP contribution in [0, 0.1) is 13.8 Å². The van der Waals surface area contributed by atoms with E-state index in [9.17, 15) is 13.2 Å². The van der Waals surface area contributed by atoms with Crippen molar-refractivity contribution >= 4 is 32.2 Å². The predicted molar refractivity (Wildman–Crippen MR) is 95.7 cm³/mol. The van der Waals surface area contributed by atoms with Crippen LogP contribution in [0.2, 0.25) is 0 Å². The Morgan fingerprint density at radius 3 is 2.44 bits per heavy atom. The summed E-state index contributed by atoms with van der Waals surface area (Å²) in [4.78, 5) is 20.5. The zero-order valence-electron chi connectivity index (χ0n) is 13.6. The van der Waals surface area contributed by atoms with Crippen molar-refractivity contribution in [3.8, 4) is 0 Å². The molecule has 25 heavy (non-hydrogen) atoms. The van der Waals surface area contributed by atoms with Gasteiger partial charge in [-0.05, 0) is 38.1 Å². The first-order chi connectivity index (χ1) is 11.9. The van der Waals surface area contributed by atoms with E-state index < -0.39 is 15.7 Å². The number of carbonyl (C=O) groups is 1. The third-order valence-electron chi connectivity index (χ3n) is 3.45. The van der Waals surface area contributed by atoms with Crippen LogP contribution in [0.15, 0.2) is 57.8 Å². The van der Waals surface area contributed by atoms with Gasteiger partial charge in [0.05, 0.1) is 10.6 Å². The Kier molecular flexibility index (Phi) is 4.65. The second-order valence-electron chi connectivity index (χ2n) is 5.38. The van der Waals surface area contributed by atoms with Crippen LogP contribution in [0.1, 0.15) is 21.7 Å². The molecular formula is C17H15N3O3S2. The van der Waals surface area contributed by atoms with Gasteiger partial charge in [-0.25, -0.2) is 13.4 Å². The summed E-state index contributed by atoms with van der Waals surface area (Å²) in [5.41, 5.74) is 1.56. The van der Waals surface area contributed by atoms with Gasteiger partial charge in [-0.1, -0.05) is 35.1 Å². The lowest BCUT2D eigenvalue weighted by Crippen LogP contribution is -2.13. The minimum absolute atomic E-state index is 0.118. The van der Waals surface area contributed by atoms with Crippen LogP contribution in [0.3, 0.4) is 0 Å². The van der Waals surface area contributed by atoms with Crippen LogP contribution in [0.4, 0.5) is 5.13 Å². The summed E-state index contributed by atoms with van der Waals surface area (Å²) in [6.07, 6.45) is 1.51. The first kappa shape index (κ1) is 17.2. The SMILES string of the molecule is Cc1ccc(S(=O)(=O)c2sc(NC(=O)c3ccccn3)nc2C)cc1. The van der Waals surface area contributed by atoms with Gasteiger partial charge in [0.25, 0.3) is 5.91 Å². The summed E-state index contributed by atoms with van der Waals surface area (Å²) in [5, 5.41) is 2.81. The number of carbonyl (C=O) groups excluding carboxylic acids is 1. The first-order valence-corrected chi connectivity index (χ1v) is 9.69. The number of amides is 1. The molecule has 6 nitrogen and oxygen atoms in total. The number of rotatable bonds is 4. The van der Waals surface area contributed by atoms with E-state index >= 15 is 0 Å². The monoisotopic (exact) mass is 373 g/mol. The molecule has 8 heteroatoms. The van der Waals surface area contributed by atoms with Crippen molar-refractivity contribution in [3.63, 3.8) is 0 Å². The lowest BCUT2D eigenvalue weighted by Gasteiger charge is -2.03. The van der Waals surface area contributed by atoms with Gasteiger partial charge in [-0.2, -0.15) is 0 Å². The number of hydrogen-bond acceptors (Lipinski definition) is 6. The van der Waals surface area contributed by atoms with Gasteiger partial charge in [-0.15, -0.1) is 0 Å². The summed E-state index contributed by atoms with van der Waals surface area (Å²) in [6.45, 7) is 3.49. The molecule has 2 aromatic heterocycles. The molecule has 1 N–H and O–H groups in total. The summed E-state index contributed by atoms with van der Waals surface area (Å²) < 4.78 is 25.7. The van der Waals surface area contributed by atoms with E-state index in [1.807, 2.05) is 6.92 Å². The van der Waals surface area contributed by atoms with E-state index in [0.29, 0.717) is 5.69 Å². The van der Waals surface area contributed by atoms with Gasteiger partial charge in [0.1, 0.15) is 9.90 Å². The second-order valence-corrected chi connectivity index (χ2v) is 8.52. The molecule has 0 aliphatic heterocycles. The van der Waals surface area contributed by atoms with Crippen molar-refractivity contribution in [1.82, 2.24) is 9.97 Å². The number of benzene rings is 1. The molecule has 1 amide bonds. The summed E-state index contributed by atoms with van der Waals surface area (Å²) in [7, 11) is -3.68. The zero-order valence-corrected chi connectivity index (χ0v) is 15.2. The molecule has 0 radical (unpaired) electrons. The molecule has 0 saturated carbocycles. The van der Waals surface area contributed by atoms with Crippen LogP contribution in [-0.2, 0) is 9.84 Å². The Labute approximate surface area is 149 Å². The fourth-order valence-corrected chi connectivity index (χ4v) is 4.97. The molecule has 0 aliphatic carbocycles. The predicted octanol–water partition coefficient (Wildman–Crippen LogP) is 3.24. The fraction of sp³-hybridized carbons (Fsp3) is 0.118. The molecule has 2 heterocycles. The highest BCUT2D eigenvalue weighted by Crippen LogP contribution is 2.32. The Bertz CT molecular complexity index is 1010. The highest BCUT2D eigenvalue weighted by molar-refractivity contribution is 7.93. The van der Waals surface area contributed by atoms with E-state index in [1.54, 1.807) is 49.4 Å². The molecule has 0 spiro atoms. The maximum atomic E-state index is 12.8. The summed E-state index contributed by atoms with van der Waals surface area (Å²) in [6, 6.07) is 11.6. The zero-order chi connectivity index (χ0) is 18.0. The Balaban J connectivity index is 1.90. The molecule has 3 aromatic rings. The highest BCUT2D eigenvalue weighted by Gasteiger charge is 2.24. The van der Waals surface area contributed by atoms with Crippen molar-refractivity contribution in [2.24, 2.45) is 0 Å². The molecule has 0 bridgehead atoms. The number of thiazole rings is 1. The van der Waals surface area contributed by atoms with E-state index in [2.05, 4.69) is 15.3 Å². The Morgan fingerprint density at radius 1 is 1.08 bits per heavy atom. The number of aromatic nitrogens is 2. The van der Waals surface area contributed by atoms with Crippen LogP contribution < -0.4 is 5.32 Å². The number of hydrogen-bond donors (Lipinski definition) is 1. The molecule has 0 fully saturated rings. The van der Waals surface area contributed by atoms with E-state index in [0.717, 1.165) is 16.9 Å². The van der Waals surface area contributed by atoms with E-state index in [1.165, 1.54) is 6.20 Å². The molecule has 128 valence electrons. The largest absolute Gasteiger partial charge is 0.296 e. The maximum Gasteiger partial charge on any atom is 0.276 e. The van der Waals surface area contributed by atoms with E-state index in [-0.39, 0.29) is 19.9 Å². The van der Waals surface area contributed by atoms with Crippen molar-refractivity contribution in [3.05, 3.63) is 65.6 Å². The minimum atomic E-state index is -3.68. The van der Waals surface area contributed by atoms with Crippen molar-refractivity contribution in [1.29, 1.82) is 0 Å². The first-order valence-electron chi connectivity index (χ1n) is 7.39. The number of nitrogens with one attached hydrogen (secondary N) is 1. The molecular weight excluding hydrogens is 358 g/mol. The van der Waals surface area contributed by atoms with Crippen LogP contribution in [0.5, 0.6) is 0 Å². The van der Waals surface area contributed by atoms with Crippen LogP contribution in [-0.4, -0.2) is 24.3 Å². The van der Waals surface area contributed by atoms with Gasteiger partial charge in [0, 0.05) is 6.20 Å². The normalized spacial score (nSPS) is 11.3. The number of nitrogens with zero attached hydrogens (tertiary/aromatic N) is 2. The van der Waals surface area contributed by atoms with E-state index in [4.69, 9.17) is 0 Å². The van der Waals surface area contributed by atoms with Gasteiger partial charge in [-0.3, -0.25) is 15.1 Å². The van der Waals surface area contributed by atoms with Gasteiger partial charge < -0.3 is 0 Å². The molecule has 3 rings (SSSR count). The third kappa shape index (κ3) is 3.59. The lowest BCUT2D eigenvalue weighted by atomic mass is 10.2. The minimum Gasteiger partial charge on any atom is -0.296 e. The summed E-state index contributed by atoms with van der Waals surface area (Å²) >= 11 is 0.930. The smallest absolute Gasteiger partial charge is 0.276 e. The van der Waals surface area contributed by atoms with Crippen molar-refractivity contribution in [2.75, 3.05) is 5.32 Å². The summed E-state index contributed by atoms with van der Waals surface area (Å²) in [5.74, 6) is -0.436. The topological polar surface area (TPSA) is 89.0 Å². The Hall–Kier alpha value is -2.58. The van der Waals surface area contributed by atoms with Crippen molar-refractivity contribution in [2.45, 2.75) is 23.0 Å². The second kappa shape index (κ2) is 6.73. The van der Waals surface area contributed by atoms with Crippen LogP contribution in [0.25, 0.3) is 0 Å². The molecule has 0 unspecified atom stereocenters. The molecule has 0 saturated heterocycles. The maximum absolute atomic E-state index is 12.8. The number of sulfone groups is 1. The third-order valence-corrected chi connectivity index (χ3v) is 6.90.